The second-order valence-corrected chi connectivity index (χ2v) is 8.66. The number of aromatic carboxylic acids is 1. The maximum atomic E-state index is 14.3. The number of alkyl halides is 3. The quantitative estimate of drug-likeness (QED) is 0.427. The number of rotatable bonds is 6. The van der Waals surface area contributed by atoms with Crippen molar-refractivity contribution in [3.63, 3.8) is 0 Å². The number of carboxylic acids is 1. The van der Waals surface area contributed by atoms with Crippen molar-refractivity contribution in [2.45, 2.75) is 24.9 Å². The zero-order chi connectivity index (χ0) is 26.2. The number of aromatic nitrogens is 1. The molecule has 2 aromatic carbocycles. The molecule has 0 aliphatic carbocycles. The van der Waals surface area contributed by atoms with Crippen LogP contribution in [0.1, 0.15) is 40.2 Å². The summed E-state index contributed by atoms with van der Waals surface area (Å²) in [4.78, 5) is 28.1. The molecule has 11 heteroatoms. The number of carboxylic acid groups (broad SMARTS) is 1. The molecule has 2 unspecified atom stereocenters. The lowest BCUT2D eigenvalue weighted by Crippen LogP contribution is -2.35. The number of carbonyl (C=O) groups excluding carboxylic acids is 1. The van der Waals surface area contributed by atoms with Gasteiger partial charge in [-0.15, -0.1) is 0 Å². The molecule has 0 saturated carbocycles. The summed E-state index contributed by atoms with van der Waals surface area (Å²) in [5.74, 6) is -3.84. The van der Waals surface area contributed by atoms with Crippen LogP contribution in [-0.4, -0.2) is 41.8 Å². The van der Waals surface area contributed by atoms with Crippen LogP contribution in [0.4, 0.5) is 18.9 Å². The van der Waals surface area contributed by atoms with Gasteiger partial charge in [0.1, 0.15) is 11.5 Å². The number of ether oxygens (including phenoxy) is 2. The van der Waals surface area contributed by atoms with Crippen molar-refractivity contribution in [1.82, 2.24) is 4.98 Å². The number of pyridine rings is 1. The zero-order valence-corrected chi connectivity index (χ0v) is 19.8. The van der Waals surface area contributed by atoms with Gasteiger partial charge in [0, 0.05) is 24.3 Å². The minimum Gasteiger partial charge on any atom is -0.482 e. The van der Waals surface area contributed by atoms with Gasteiger partial charge in [-0.1, -0.05) is 30.7 Å². The Morgan fingerprint density at radius 3 is 2.56 bits per heavy atom. The van der Waals surface area contributed by atoms with E-state index >= 15 is 0 Å². The first kappa shape index (κ1) is 25.3. The lowest BCUT2D eigenvalue weighted by atomic mass is 9.81. The minimum absolute atomic E-state index is 0.0213. The molecule has 36 heavy (non-hydrogen) atoms. The predicted molar refractivity (Wildman–Crippen MR) is 125 cm³/mol. The van der Waals surface area contributed by atoms with Crippen molar-refractivity contribution >= 4 is 29.2 Å². The van der Waals surface area contributed by atoms with E-state index in [0.717, 1.165) is 6.20 Å². The van der Waals surface area contributed by atoms with E-state index < -0.39 is 24.0 Å². The molecule has 1 N–H and O–H groups in total. The Hall–Kier alpha value is -3.79. The molecule has 0 spiro atoms. The second-order valence-electron chi connectivity index (χ2n) is 8.25. The monoisotopic (exact) mass is 520 g/mol. The number of hydrogen-bond donors (Lipinski definition) is 1. The fourth-order valence-corrected chi connectivity index (χ4v) is 4.39. The summed E-state index contributed by atoms with van der Waals surface area (Å²) in [5, 5.41) is 9.01. The van der Waals surface area contributed by atoms with Gasteiger partial charge in [-0.25, -0.2) is 9.78 Å². The average Bonchev–Trinajstić information content (AvgIpc) is 2.81. The molecule has 0 fully saturated rings. The number of anilines is 1. The second kappa shape index (κ2) is 9.69. The van der Waals surface area contributed by atoms with Crippen molar-refractivity contribution in [3.8, 4) is 17.4 Å². The standard InChI is InChI=1S/C25H20ClF3N2O5/c1-13(17-6-5-16(10-18(17)26)36-21-8-4-15(11-30-21)24(33)34)23(25(27,28)29)14-3-7-20-19(9-14)31(2)22(32)12-35-20/h3-11,13,23H,12H2,1-2H3,(H,33,34). The number of carbonyl (C=O) groups is 2. The van der Waals surface area contributed by atoms with Crippen LogP contribution in [0.3, 0.4) is 0 Å². The van der Waals surface area contributed by atoms with Crippen molar-refractivity contribution in [2.75, 3.05) is 18.6 Å². The Balaban J connectivity index is 1.62. The van der Waals surface area contributed by atoms with Crippen molar-refractivity contribution < 1.29 is 37.3 Å². The van der Waals surface area contributed by atoms with E-state index in [0.29, 0.717) is 5.75 Å². The lowest BCUT2D eigenvalue weighted by Gasteiger charge is -2.31. The SMILES string of the molecule is CC(c1ccc(Oc2ccc(C(=O)O)cn2)cc1Cl)C(c1ccc2c(c1)N(C)C(=O)CO2)C(F)(F)F. The van der Waals surface area contributed by atoms with E-state index in [1.54, 1.807) is 0 Å². The molecule has 1 amide bonds. The van der Waals surface area contributed by atoms with E-state index in [2.05, 4.69) is 4.98 Å². The first-order valence-corrected chi connectivity index (χ1v) is 11.1. The number of halogens is 4. The van der Waals surface area contributed by atoms with Gasteiger partial charge in [0.05, 0.1) is 17.2 Å². The summed E-state index contributed by atoms with van der Waals surface area (Å²) in [7, 11) is 1.49. The lowest BCUT2D eigenvalue weighted by molar-refractivity contribution is -0.154. The summed E-state index contributed by atoms with van der Waals surface area (Å²) in [5.41, 5.74) is 0.463. The number of nitrogens with zero attached hydrogens (tertiary/aromatic N) is 2. The molecule has 1 aliphatic heterocycles. The van der Waals surface area contributed by atoms with Gasteiger partial charge in [-0.3, -0.25) is 4.79 Å². The van der Waals surface area contributed by atoms with E-state index in [4.69, 9.17) is 26.2 Å². The van der Waals surface area contributed by atoms with Crippen LogP contribution < -0.4 is 14.4 Å². The summed E-state index contributed by atoms with van der Waals surface area (Å²) >= 11 is 6.38. The topological polar surface area (TPSA) is 89.0 Å². The van der Waals surface area contributed by atoms with Crippen LogP contribution in [0.5, 0.6) is 17.4 Å². The van der Waals surface area contributed by atoms with Crippen molar-refractivity contribution in [2.24, 2.45) is 0 Å². The fraction of sp³-hybridized carbons (Fsp3) is 0.240. The fourth-order valence-electron chi connectivity index (χ4n) is 4.05. The van der Waals surface area contributed by atoms with Crippen molar-refractivity contribution in [1.29, 1.82) is 0 Å². The molecule has 0 bridgehead atoms. The van der Waals surface area contributed by atoms with Crippen LogP contribution in [0.25, 0.3) is 0 Å². The summed E-state index contributed by atoms with van der Waals surface area (Å²) < 4.78 is 53.8. The Morgan fingerprint density at radius 1 is 1.19 bits per heavy atom. The molecule has 4 rings (SSSR count). The van der Waals surface area contributed by atoms with Crippen LogP contribution in [0.15, 0.2) is 54.7 Å². The molecule has 0 radical (unpaired) electrons. The molecule has 2 atom stereocenters. The first-order chi connectivity index (χ1) is 17.0. The molecule has 1 aromatic heterocycles. The van der Waals surface area contributed by atoms with Crippen LogP contribution in [0, 0.1) is 0 Å². The number of likely N-dealkylation sites (N-methyl/N-ethyl adjacent to an activating group) is 1. The number of benzene rings is 2. The summed E-state index contributed by atoms with van der Waals surface area (Å²) in [6.07, 6.45) is -3.49. The van der Waals surface area contributed by atoms with Gasteiger partial charge in [-0.05, 0) is 47.4 Å². The third kappa shape index (κ3) is 5.08. The summed E-state index contributed by atoms with van der Waals surface area (Å²) in [6.45, 7) is 1.25. The third-order valence-corrected chi connectivity index (χ3v) is 6.28. The van der Waals surface area contributed by atoms with Gasteiger partial charge in [-0.2, -0.15) is 13.2 Å². The van der Waals surface area contributed by atoms with Crippen LogP contribution in [-0.2, 0) is 4.79 Å². The number of hydrogen-bond acceptors (Lipinski definition) is 5. The maximum absolute atomic E-state index is 14.3. The van der Waals surface area contributed by atoms with E-state index in [9.17, 15) is 22.8 Å². The average molecular weight is 521 g/mol. The molecule has 7 nitrogen and oxygen atoms in total. The molecular weight excluding hydrogens is 501 g/mol. The molecule has 1 aliphatic rings. The van der Waals surface area contributed by atoms with Gasteiger partial charge >= 0.3 is 12.1 Å². The first-order valence-electron chi connectivity index (χ1n) is 10.7. The van der Waals surface area contributed by atoms with Gasteiger partial charge < -0.3 is 19.5 Å². The van der Waals surface area contributed by atoms with Crippen LogP contribution >= 0.6 is 11.6 Å². The van der Waals surface area contributed by atoms with Gasteiger partial charge in [0.2, 0.25) is 5.88 Å². The highest BCUT2D eigenvalue weighted by atomic mass is 35.5. The highest BCUT2D eigenvalue weighted by Gasteiger charge is 2.45. The molecule has 3 aromatic rings. The maximum Gasteiger partial charge on any atom is 0.396 e. The number of amides is 1. The zero-order valence-electron chi connectivity index (χ0n) is 19.0. The largest absolute Gasteiger partial charge is 0.482 e. The van der Waals surface area contributed by atoms with Crippen molar-refractivity contribution in [3.05, 3.63) is 76.4 Å². The Labute approximate surface area is 209 Å². The van der Waals surface area contributed by atoms with Crippen LogP contribution in [0.2, 0.25) is 5.02 Å². The highest BCUT2D eigenvalue weighted by molar-refractivity contribution is 6.31. The highest BCUT2D eigenvalue weighted by Crippen LogP contribution is 2.48. The Bertz CT molecular complexity index is 1310. The summed E-state index contributed by atoms with van der Waals surface area (Å²) in [6, 6.07) is 11.0. The van der Waals surface area contributed by atoms with E-state index in [-0.39, 0.29) is 51.5 Å². The Morgan fingerprint density at radius 2 is 1.94 bits per heavy atom. The normalized spacial score (nSPS) is 15.1. The molecule has 0 saturated heterocycles. The smallest absolute Gasteiger partial charge is 0.396 e. The molecular formula is C25H20ClF3N2O5. The van der Waals surface area contributed by atoms with E-state index in [1.807, 2.05) is 0 Å². The predicted octanol–water partition coefficient (Wildman–Crippen LogP) is 6.03. The number of fused-ring (bicyclic) bond motifs is 1. The van der Waals surface area contributed by atoms with Gasteiger partial charge in [0.15, 0.2) is 6.61 Å². The third-order valence-electron chi connectivity index (χ3n) is 5.95. The van der Waals surface area contributed by atoms with E-state index in [1.165, 1.54) is 67.4 Å². The molecule has 188 valence electrons. The minimum atomic E-state index is -4.61. The molecule has 2 heterocycles. The van der Waals surface area contributed by atoms with Gasteiger partial charge in [0.25, 0.3) is 5.91 Å². The Kier molecular flexibility index (Phi) is 6.81.